The van der Waals surface area contributed by atoms with E-state index in [1.54, 1.807) is 18.3 Å². The van der Waals surface area contributed by atoms with Crippen molar-refractivity contribution in [2.24, 2.45) is 0 Å². The first-order valence-corrected chi connectivity index (χ1v) is 9.91. The fourth-order valence-corrected chi connectivity index (χ4v) is 3.40. The molecule has 0 bridgehead atoms. The van der Waals surface area contributed by atoms with Crippen LogP contribution in [0, 0.1) is 17.5 Å². The summed E-state index contributed by atoms with van der Waals surface area (Å²) in [7, 11) is 0. The van der Waals surface area contributed by atoms with Crippen LogP contribution in [0.5, 0.6) is 0 Å². The number of fused-ring (bicyclic) bond motifs is 1. The normalized spacial score (nSPS) is 10.9. The molecule has 5 aromatic rings. The van der Waals surface area contributed by atoms with Crippen LogP contribution >= 0.6 is 0 Å². The molecule has 2 aromatic carbocycles. The Morgan fingerprint density at radius 1 is 0.882 bits per heavy atom. The highest BCUT2D eigenvalue weighted by molar-refractivity contribution is 6.05. The van der Waals surface area contributed by atoms with E-state index in [0.717, 1.165) is 18.2 Å². The Balaban J connectivity index is 1.46. The lowest BCUT2D eigenvalue weighted by Crippen LogP contribution is -2.14. The Morgan fingerprint density at radius 2 is 1.71 bits per heavy atom. The average Bonchev–Trinajstić information content (AvgIpc) is 3.29. The van der Waals surface area contributed by atoms with Crippen LogP contribution in [0.2, 0.25) is 0 Å². The summed E-state index contributed by atoms with van der Waals surface area (Å²) < 4.78 is 41.3. The summed E-state index contributed by atoms with van der Waals surface area (Å²) in [5.74, 6) is -3.04. The molecule has 0 spiro atoms. The van der Waals surface area contributed by atoms with E-state index in [9.17, 15) is 18.0 Å². The van der Waals surface area contributed by atoms with Crippen molar-refractivity contribution in [3.63, 3.8) is 0 Å². The van der Waals surface area contributed by atoms with Gasteiger partial charge in [-0.15, -0.1) is 0 Å². The molecule has 0 saturated heterocycles. The lowest BCUT2D eigenvalue weighted by molar-refractivity contribution is 0.102. The minimum Gasteiger partial charge on any atom is -0.340 e. The zero-order valence-electron chi connectivity index (χ0n) is 17.2. The van der Waals surface area contributed by atoms with Crippen LogP contribution in [0.3, 0.4) is 0 Å². The summed E-state index contributed by atoms with van der Waals surface area (Å²) in [6.07, 6.45) is 4.45. The maximum Gasteiger partial charge on any atom is 0.258 e. The molecule has 168 valence electrons. The zero-order chi connectivity index (χ0) is 23.7. The molecule has 0 aliphatic heterocycles. The lowest BCUT2D eigenvalue weighted by atomic mass is 10.1. The van der Waals surface area contributed by atoms with Gasteiger partial charge in [-0.05, 0) is 42.5 Å². The van der Waals surface area contributed by atoms with Crippen LogP contribution in [0.1, 0.15) is 10.4 Å². The van der Waals surface area contributed by atoms with Crippen molar-refractivity contribution in [1.29, 1.82) is 0 Å². The largest absolute Gasteiger partial charge is 0.340 e. The highest BCUT2D eigenvalue weighted by Gasteiger charge is 2.17. The van der Waals surface area contributed by atoms with E-state index < -0.39 is 23.4 Å². The minimum atomic E-state index is -0.874. The summed E-state index contributed by atoms with van der Waals surface area (Å²) in [4.78, 5) is 32.5. The predicted molar refractivity (Wildman–Crippen MR) is 119 cm³/mol. The van der Waals surface area contributed by atoms with Crippen molar-refractivity contribution in [1.82, 2.24) is 24.9 Å². The highest BCUT2D eigenvalue weighted by atomic mass is 19.1. The SMILES string of the molecule is O=C(Nc1cc(F)cc(F)c1)c1cc(Nc2ncccc2-c2ncnc3[nH]cnc23)ccc1F. The third-order valence-corrected chi connectivity index (χ3v) is 4.87. The Bertz CT molecular complexity index is 1520. The van der Waals surface area contributed by atoms with Crippen LogP contribution in [-0.2, 0) is 0 Å². The van der Waals surface area contributed by atoms with Crippen molar-refractivity contribution < 1.29 is 18.0 Å². The number of carbonyl (C=O) groups is 1. The van der Waals surface area contributed by atoms with Crippen molar-refractivity contribution in [2.45, 2.75) is 0 Å². The van der Waals surface area contributed by atoms with Gasteiger partial charge in [-0.25, -0.2) is 33.1 Å². The second kappa shape index (κ2) is 8.62. The van der Waals surface area contributed by atoms with Gasteiger partial charge in [-0.2, -0.15) is 0 Å². The van der Waals surface area contributed by atoms with Crippen molar-refractivity contribution >= 4 is 34.3 Å². The molecule has 0 atom stereocenters. The molecule has 0 aliphatic rings. The van der Waals surface area contributed by atoms with Crippen LogP contribution in [0.25, 0.3) is 22.4 Å². The molecule has 3 N–H and O–H groups in total. The first kappa shape index (κ1) is 21.1. The van der Waals surface area contributed by atoms with E-state index in [2.05, 4.69) is 35.6 Å². The molecule has 8 nitrogen and oxygen atoms in total. The van der Waals surface area contributed by atoms with Gasteiger partial charge in [0.1, 0.15) is 40.8 Å². The summed E-state index contributed by atoms with van der Waals surface area (Å²) in [5, 5.41) is 5.35. The monoisotopic (exact) mass is 461 g/mol. The molecular formula is C23H14F3N7O. The van der Waals surface area contributed by atoms with E-state index >= 15 is 0 Å². The summed E-state index contributed by atoms with van der Waals surface area (Å²) >= 11 is 0. The number of pyridine rings is 1. The van der Waals surface area contributed by atoms with Crippen LogP contribution in [0.4, 0.5) is 30.4 Å². The van der Waals surface area contributed by atoms with Gasteiger partial charge in [-0.3, -0.25) is 4.79 Å². The number of hydrogen-bond acceptors (Lipinski definition) is 6. The van der Waals surface area contributed by atoms with Crippen molar-refractivity contribution in [2.75, 3.05) is 10.6 Å². The number of hydrogen-bond donors (Lipinski definition) is 3. The molecular weight excluding hydrogens is 447 g/mol. The molecule has 0 unspecified atom stereocenters. The van der Waals surface area contributed by atoms with Crippen molar-refractivity contribution in [3.8, 4) is 11.3 Å². The number of amides is 1. The number of nitrogens with zero attached hydrogens (tertiary/aromatic N) is 4. The molecule has 11 heteroatoms. The van der Waals surface area contributed by atoms with E-state index in [0.29, 0.717) is 40.0 Å². The lowest BCUT2D eigenvalue weighted by Gasteiger charge is -2.12. The van der Waals surface area contributed by atoms with Gasteiger partial charge in [-0.1, -0.05) is 0 Å². The molecule has 0 saturated carbocycles. The number of nitrogens with one attached hydrogen (secondary N) is 3. The van der Waals surface area contributed by atoms with Gasteiger partial charge in [0.15, 0.2) is 5.65 Å². The quantitative estimate of drug-likeness (QED) is 0.346. The first-order valence-electron chi connectivity index (χ1n) is 9.91. The second-order valence-electron chi connectivity index (χ2n) is 7.15. The number of rotatable bonds is 5. The molecule has 5 rings (SSSR count). The van der Waals surface area contributed by atoms with Crippen molar-refractivity contribution in [3.05, 3.63) is 90.4 Å². The Labute approximate surface area is 189 Å². The number of halogens is 3. The molecule has 1 amide bonds. The number of carbonyl (C=O) groups excluding carboxylic acids is 1. The number of benzene rings is 2. The van der Waals surface area contributed by atoms with E-state index in [-0.39, 0.29) is 11.3 Å². The fraction of sp³-hybridized carbons (Fsp3) is 0. The number of aromatic amines is 1. The van der Waals surface area contributed by atoms with Gasteiger partial charge in [0.05, 0.1) is 11.9 Å². The zero-order valence-corrected chi connectivity index (χ0v) is 17.2. The summed E-state index contributed by atoms with van der Waals surface area (Å²) in [6, 6.07) is 9.82. The number of anilines is 3. The molecule has 3 heterocycles. The predicted octanol–water partition coefficient (Wildman–Crippen LogP) is 4.83. The van der Waals surface area contributed by atoms with Crippen LogP contribution in [0.15, 0.2) is 67.4 Å². The maximum atomic E-state index is 14.4. The number of H-pyrrole nitrogens is 1. The molecule has 0 radical (unpaired) electrons. The van der Waals surface area contributed by atoms with E-state index in [4.69, 9.17) is 0 Å². The summed E-state index contributed by atoms with van der Waals surface area (Å²) in [6.45, 7) is 0. The Morgan fingerprint density at radius 3 is 2.53 bits per heavy atom. The second-order valence-corrected chi connectivity index (χ2v) is 7.15. The Kier molecular flexibility index (Phi) is 5.34. The molecule has 0 fully saturated rings. The third kappa shape index (κ3) is 4.13. The number of aromatic nitrogens is 5. The van der Waals surface area contributed by atoms with Crippen LogP contribution in [-0.4, -0.2) is 30.8 Å². The smallest absolute Gasteiger partial charge is 0.258 e. The van der Waals surface area contributed by atoms with Gasteiger partial charge >= 0.3 is 0 Å². The number of imidazole rings is 1. The van der Waals surface area contributed by atoms with Crippen LogP contribution < -0.4 is 10.6 Å². The maximum absolute atomic E-state index is 14.4. The third-order valence-electron chi connectivity index (χ3n) is 4.87. The van der Waals surface area contributed by atoms with Gasteiger partial charge in [0, 0.05) is 29.2 Å². The minimum absolute atomic E-state index is 0.140. The van der Waals surface area contributed by atoms with E-state index in [1.807, 2.05) is 0 Å². The average molecular weight is 461 g/mol. The fourth-order valence-electron chi connectivity index (χ4n) is 3.40. The topological polar surface area (TPSA) is 108 Å². The van der Waals surface area contributed by atoms with Gasteiger partial charge < -0.3 is 15.6 Å². The molecule has 3 aromatic heterocycles. The first-order chi connectivity index (χ1) is 16.5. The van der Waals surface area contributed by atoms with E-state index in [1.165, 1.54) is 24.8 Å². The standard InChI is InChI=1S/C23H14F3N7O/c24-12-6-13(25)8-15(7-12)33-23(34)17-9-14(3-4-18(17)26)32-21-16(2-1-5-27-21)19-20-22(30-10-28-19)31-11-29-20/h1-11H,(H,27,32)(H,33,34)(H,28,29,30,31). The van der Waals surface area contributed by atoms with Gasteiger partial charge in [0.25, 0.3) is 5.91 Å². The highest BCUT2D eigenvalue weighted by Crippen LogP contribution is 2.30. The summed E-state index contributed by atoms with van der Waals surface area (Å²) in [5.41, 5.74) is 2.10. The Hall–Kier alpha value is -4.80. The van der Waals surface area contributed by atoms with Gasteiger partial charge in [0.2, 0.25) is 0 Å². The molecule has 34 heavy (non-hydrogen) atoms. The molecule has 0 aliphatic carbocycles.